The largest absolute Gasteiger partial charge is 0.411 e. The molecule has 0 radical (unpaired) electrons. The first kappa shape index (κ1) is 18.2. The Morgan fingerprint density at radius 2 is 1.57 bits per heavy atom. The normalized spacial score (nSPS) is 14.9. The van der Waals surface area contributed by atoms with E-state index in [1.54, 1.807) is 24.3 Å². The van der Waals surface area contributed by atoms with E-state index in [-0.39, 0.29) is 5.82 Å². The lowest BCUT2D eigenvalue weighted by Gasteiger charge is -2.19. The van der Waals surface area contributed by atoms with Crippen LogP contribution in [0.25, 0.3) is 27.8 Å². The maximum absolute atomic E-state index is 14.4. The van der Waals surface area contributed by atoms with Crippen LogP contribution < -0.4 is 0 Å². The van der Waals surface area contributed by atoms with Crippen LogP contribution in [0.15, 0.2) is 90.1 Å². The molecular formula is C24H17ClFNO. The van der Waals surface area contributed by atoms with Crippen LogP contribution in [0.2, 0.25) is 5.02 Å². The monoisotopic (exact) mass is 389 g/mol. The third-order valence-corrected chi connectivity index (χ3v) is 5.19. The van der Waals surface area contributed by atoms with E-state index >= 15 is 0 Å². The van der Waals surface area contributed by atoms with Gasteiger partial charge in [-0.3, -0.25) is 0 Å². The lowest BCUT2D eigenvalue weighted by Crippen LogP contribution is -2.03. The fourth-order valence-electron chi connectivity index (χ4n) is 3.46. The van der Waals surface area contributed by atoms with Crippen LogP contribution in [0.3, 0.4) is 0 Å². The minimum atomic E-state index is -0.321. The van der Waals surface area contributed by atoms with Gasteiger partial charge >= 0.3 is 0 Å². The van der Waals surface area contributed by atoms with Gasteiger partial charge in [-0.1, -0.05) is 89.6 Å². The van der Waals surface area contributed by atoms with Crippen molar-refractivity contribution in [3.63, 3.8) is 0 Å². The zero-order valence-corrected chi connectivity index (χ0v) is 15.7. The maximum Gasteiger partial charge on any atom is 0.131 e. The summed E-state index contributed by atoms with van der Waals surface area (Å²) in [6, 6.07) is 20.3. The predicted octanol–water partition coefficient (Wildman–Crippen LogP) is 6.99. The second-order valence-electron chi connectivity index (χ2n) is 6.51. The summed E-state index contributed by atoms with van der Waals surface area (Å²) in [5, 5.41) is 13.0. The van der Waals surface area contributed by atoms with Gasteiger partial charge in [0.1, 0.15) is 5.82 Å². The highest BCUT2D eigenvalue weighted by atomic mass is 35.5. The van der Waals surface area contributed by atoms with Crippen molar-refractivity contribution in [2.45, 2.75) is 6.42 Å². The van der Waals surface area contributed by atoms with E-state index < -0.39 is 0 Å². The van der Waals surface area contributed by atoms with Crippen LogP contribution in [0.5, 0.6) is 0 Å². The molecule has 3 aromatic rings. The van der Waals surface area contributed by atoms with Crippen LogP contribution in [0.4, 0.5) is 4.39 Å². The molecule has 138 valence electrons. The molecule has 0 amide bonds. The number of benzene rings is 3. The number of oxime groups is 1. The number of rotatable bonds is 3. The number of halogens is 2. The lowest BCUT2D eigenvalue weighted by molar-refractivity contribution is 0.319. The molecule has 0 saturated carbocycles. The van der Waals surface area contributed by atoms with Crippen LogP contribution in [-0.4, -0.2) is 10.9 Å². The number of hydrogen-bond donors (Lipinski definition) is 1. The molecule has 0 bridgehead atoms. The summed E-state index contributed by atoms with van der Waals surface area (Å²) in [4.78, 5) is 0. The SMILES string of the molecule is ON=C1C=CC=C(c2c(-c3ccccc3)ccc(-c3ccccc3F)c2Cl)C1. The van der Waals surface area contributed by atoms with Crippen molar-refractivity contribution in [1.29, 1.82) is 0 Å². The standard InChI is InChI=1S/C24H17ClFNO/c25-24-21(20-11-4-5-12-22(20)26)14-13-19(16-7-2-1-3-8-16)23(24)17-9-6-10-18(15-17)27-28/h1-14,28H,15H2. The van der Waals surface area contributed by atoms with Crippen molar-refractivity contribution in [2.24, 2.45) is 5.16 Å². The topological polar surface area (TPSA) is 32.6 Å². The Kier molecular flexibility index (Phi) is 5.09. The Morgan fingerprint density at radius 1 is 0.857 bits per heavy atom. The molecular weight excluding hydrogens is 373 g/mol. The molecule has 0 heterocycles. The average molecular weight is 390 g/mol. The molecule has 1 aliphatic rings. The molecule has 1 N–H and O–H groups in total. The van der Waals surface area contributed by atoms with E-state index in [2.05, 4.69) is 5.16 Å². The molecule has 0 fully saturated rings. The van der Waals surface area contributed by atoms with E-state index in [9.17, 15) is 9.60 Å². The van der Waals surface area contributed by atoms with Crippen molar-refractivity contribution < 1.29 is 9.60 Å². The molecule has 1 aliphatic carbocycles. The third kappa shape index (κ3) is 3.37. The van der Waals surface area contributed by atoms with Crippen molar-refractivity contribution >= 4 is 22.9 Å². The first-order valence-electron chi connectivity index (χ1n) is 8.90. The Morgan fingerprint density at radius 3 is 2.32 bits per heavy atom. The second kappa shape index (κ2) is 7.83. The van der Waals surface area contributed by atoms with Gasteiger partial charge in [-0.15, -0.1) is 0 Å². The Balaban J connectivity index is 1.97. The van der Waals surface area contributed by atoms with Crippen LogP contribution in [0, 0.1) is 5.82 Å². The van der Waals surface area contributed by atoms with Gasteiger partial charge < -0.3 is 5.21 Å². The van der Waals surface area contributed by atoms with Gasteiger partial charge in [-0.25, -0.2) is 4.39 Å². The first-order chi connectivity index (χ1) is 13.7. The molecule has 0 unspecified atom stereocenters. The minimum Gasteiger partial charge on any atom is -0.411 e. The highest BCUT2D eigenvalue weighted by Crippen LogP contribution is 2.42. The highest BCUT2D eigenvalue weighted by Gasteiger charge is 2.20. The van der Waals surface area contributed by atoms with Crippen molar-refractivity contribution in [3.8, 4) is 22.3 Å². The molecule has 4 rings (SSSR count). The summed E-state index contributed by atoms with van der Waals surface area (Å²) in [5.41, 5.74) is 5.33. The molecule has 3 aromatic carbocycles. The summed E-state index contributed by atoms with van der Waals surface area (Å²) in [6.45, 7) is 0. The summed E-state index contributed by atoms with van der Waals surface area (Å²) in [7, 11) is 0. The van der Waals surface area contributed by atoms with Gasteiger partial charge in [0.2, 0.25) is 0 Å². The molecule has 4 heteroatoms. The molecule has 0 aromatic heterocycles. The summed E-state index contributed by atoms with van der Waals surface area (Å²) < 4.78 is 14.4. The van der Waals surface area contributed by atoms with Gasteiger partial charge in [-0.2, -0.15) is 0 Å². The zero-order valence-electron chi connectivity index (χ0n) is 14.9. The molecule has 2 nitrogen and oxygen atoms in total. The van der Waals surface area contributed by atoms with Crippen LogP contribution in [0.1, 0.15) is 12.0 Å². The van der Waals surface area contributed by atoms with Gasteiger partial charge in [0.15, 0.2) is 0 Å². The fraction of sp³-hybridized carbons (Fsp3) is 0.0417. The predicted molar refractivity (Wildman–Crippen MR) is 113 cm³/mol. The Bertz CT molecular complexity index is 1120. The van der Waals surface area contributed by atoms with E-state index in [0.717, 1.165) is 22.3 Å². The van der Waals surface area contributed by atoms with Crippen LogP contribution >= 0.6 is 11.6 Å². The highest BCUT2D eigenvalue weighted by molar-refractivity contribution is 6.36. The zero-order chi connectivity index (χ0) is 19.5. The Hall–Kier alpha value is -3.17. The quantitative estimate of drug-likeness (QED) is 0.380. The molecule has 0 aliphatic heterocycles. The van der Waals surface area contributed by atoms with E-state index in [4.69, 9.17) is 11.6 Å². The van der Waals surface area contributed by atoms with Gasteiger partial charge in [0.05, 0.1) is 10.7 Å². The maximum atomic E-state index is 14.4. The average Bonchev–Trinajstić information content (AvgIpc) is 2.75. The summed E-state index contributed by atoms with van der Waals surface area (Å²) in [5.74, 6) is -0.321. The molecule has 0 atom stereocenters. The number of hydrogen-bond acceptors (Lipinski definition) is 2. The van der Waals surface area contributed by atoms with Crippen molar-refractivity contribution in [1.82, 2.24) is 0 Å². The number of allylic oxidation sites excluding steroid dienone is 4. The van der Waals surface area contributed by atoms with Gasteiger partial charge in [-0.05, 0) is 28.8 Å². The summed E-state index contributed by atoms with van der Waals surface area (Å²) in [6.07, 6.45) is 5.97. The van der Waals surface area contributed by atoms with Crippen molar-refractivity contribution in [2.75, 3.05) is 0 Å². The van der Waals surface area contributed by atoms with Crippen LogP contribution in [-0.2, 0) is 0 Å². The smallest absolute Gasteiger partial charge is 0.131 e. The molecule has 0 saturated heterocycles. The minimum absolute atomic E-state index is 0.321. The van der Waals surface area contributed by atoms with E-state index in [0.29, 0.717) is 28.3 Å². The number of nitrogens with zero attached hydrogens (tertiary/aromatic N) is 1. The Labute approximate surface area is 167 Å². The molecule has 28 heavy (non-hydrogen) atoms. The first-order valence-corrected chi connectivity index (χ1v) is 9.28. The van der Waals surface area contributed by atoms with Crippen molar-refractivity contribution in [3.05, 3.63) is 101 Å². The lowest BCUT2D eigenvalue weighted by atomic mass is 9.87. The molecule has 0 spiro atoms. The van der Waals surface area contributed by atoms with E-state index in [1.807, 2.05) is 54.6 Å². The summed E-state index contributed by atoms with van der Waals surface area (Å²) >= 11 is 6.86. The fourth-order valence-corrected chi connectivity index (χ4v) is 3.85. The third-order valence-electron chi connectivity index (χ3n) is 4.80. The van der Waals surface area contributed by atoms with E-state index in [1.165, 1.54) is 6.07 Å². The second-order valence-corrected chi connectivity index (χ2v) is 6.89. The van der Waals surface area contributed by atoms with Gasteiger partial charge in [0, 0.05) is 23.1 Å². The van der Waals surface area contributed by atoms with Gasteiger partial charge in [0.25, 0.3) is 0 Å².